The van der Waals surface area contributed by atoms with Gasteiger partial charge in [0, 0.05) is 5.69 Å². The van der Waals surface area contributed by atoms with Gasteiger partial charge in [-0.15, -0.1) is 0 Å². The molecule has 0 fully saturated rings. The average Bonchev–Trinajstić information content (AvgIpc) is 2.48. The molecule has 2 N–H and O–H groups in total. The summed E-state index contributed by atoms with van der Waals surface area (Å²) in [5, 5.41) is 23.6. The van der Waals surface area contributed by atoms with Gasteiger partial charge in [-0.25, -0.2) is 0 Å². The maximum atomic E-state index is 12.2. The predicted molar refractivity (Wildman–Crippen MR) is 84.0 cm³/mol. The van der Waals surface area contributed by atoms with Crippen molar-refractivity contribution in [3.05, 3.63) is 69.8 Å². The van der Waals surface area contributed by atoms with Crippen LogP contribution in [-0.2, 0) is 0 Å². The van der Waals surface area contributed by atoms with Crippen LogP contribution in [0.2, 0.25) is 0 Å². The number of amides is 1. The van der Waals surface area contributed by atoms with Crippen LogP contribution in [0.3, 0.4) is 0 Å². The molecule has 0 aromatic heterocycles. The summed E-state index contributed by atoms with van der Waals surface area (Å²) in [5.74, 6) is -1.30. The highest BCUT2D eigenvalue weighted by Gasteiger charge is 2.24. The van der Waals surface area contributed by atoms with E-state index in [0.29, 0.717) is 5.69 Å². The first-order valence-corrected chi connectivity index (χ1v) is 6.45. The van der Waals surface area contributed by atoms with E-state index in [1.807, 2.05) is 19.1 Å². The molecule has 2 aromatic carbocycles. The molecule has 0 saturated heterocycles. The molecule has 0 unspecified atom stereocenters. The van der Waals surface area contributed by atoms with Crippen molar-refractivity contribution < 1.29 is 14.8 Å². The lowest BCUT2D eigenvalue weighted by atomic mass is 10.1. The number of carbonyl (C=O) groups is 1. The minimum Gasteiger partial charge on any atom is -0.502 e. The van der Waals surface area contributed by atoms with E-state index >= 15 is 0 Å². The normalized spacial score (nSPS) is 10.0. The monoisotopic (exact) mass is 298 g/mol. The molecular formula is C16H14N2O4. The Bertz CT molecular complexity index is 751. The van der Waals surface area contributed by atoms with E-state index in [-0.39, 0.29) is 11.1 Å². The molecule has 0 spiro atoms. The largest absolute Gasteiger partial charge is 0.502 e. The molecule has 2 aromatic rings. The van der Waals surface area contributed by atoms with Crippen molar-refractivity contribution in [2.45, 2.75) is 6.92 Å². The quantitative estimate of drug-likeness (QED) is 0.667. The van der Waals surface area contributed by atoms with Crippen LogP contribution in [-0.4, -0.2) is 15.9 Å². The van der Waals surface area contributed by atoms with Crippen LogP contribution < -0.4 is 5.32 Å². The van der Waals surface area contributed by atoms with Gasteiger partial charge in [0.1, 0.15) is 0 Å². The van der Waals surface area contributed by atoms with Crippen molar-refractivity contribution in [2.24, 2.45) is 0 Å². The zero-order chi connectivity index (χ0) is 16.3. The summed E-state index contributed by atoms with van der Waals surface area (Å²) >= 11 is 0. The number of phenolic OH excluding ortho intramolecular Hbond substituents is 1. The van der Waals surface area contributed by atoms with Gasteiger partial charge in [0.05, 0.1) is 16.1 Å². The number of carbonyl (C=O) groups excluding carboxylic acids is 1. The fourth-order valence-corrected chi connectivity index (χ4v) is 1.97. The number of nitrogens with one attached hydrogen (secondary N) is 1. The molecule has 0 heterocycles. The smallest absolute Gasteiger partial charge is 0.318 e. The van der Waals surface area contributed by atoms with Gasteiger partial charge in [0.2, 0.25) is 5.75 Å². The van der Waals surface area contributed by atoms with Crippen LogP contribution in [0.15, 0.2) is 43.0 Å². The van der Waals surface area contributed by atoms with Gasteiger partial charge in [0.15, 0.2) is 0 Å². The average molecular weight is 298 g/mol. The van der Waals surface area contributed by atoms with Gasteiger partial charge in [-0.1, -0.05) is 30.4 Å². The zero-order valence-electron chi connectivity index (χ0n) is 11.9. The second-order valence-electron chi connectivity index (χ2n) is 4.68. The molecule has 6 nitrogen and oxygen atoms in total. The lowest BCUT2D eigenvalue weighted by Crippen LogP contribution is -2.13. The number of nitro groups is 1. The van der Waals surface area contributed by atoms with Crippen molar-refractivity contribution >= 4 is 23.4 Å². The number of benzene rings is 2. The maximum Gasteiger partial charge on any atom is 0.318 e. The van der Waals surface area contributed by atoms with Crippen molar-refractivity contribution in [3.8, 4) is 5.75 Å². The highest BCUT2D eigenvalue weighted by atomic mass is 16.6. The first kappa shape index (κ1) is 15.2. The van der Waals surface area contributed by atoms with Gasteiger partial charge in [-0.05, 0) is 31.2 Å². The molecule has 22 heavy (non-hydrogen) atoms. The van der Waals surface area contributed by atoms with Crippen molar-refractivity contribution in [1.82, 2.24) is 0 Å². The summed E-state index contributed by atoms with van der Waals surface area (Å²) < 4.78 is 0. The van der Waals surface area contributed by atoms with Crippen LogP contribution >= 0.6 is 0 Å². The van der Waals surface area contributed by atoms with E-state index in [0.717, 1.165) is 5.56 Å². The van der Waals surface area contributed by atoms with Gasteiger partial charge in [-0.3, -0.25) is 14.9 Å². The van der Waals surface area contributed by atoms with E-state index in [9.17, 15) is 20.0 Å². The standard InChI is InChI=1S/C16H14N2O4/c1-3-11-6-9-13(15(19)14(11)18(21)22)16(20)17-12-7-4-10(2)5-8-12/h3-9,19H,1H2,2H3,(H,17,20). The highest BCUT2D eigenvalue weighted by molar-refractivity contribution is 6.07. The first-order valence-electron chi connectivity index (χ1n) is 6.45. The minimum atomic E-state index is -0.741. The number of nitrogens with zero attached hydrogens (tertiary/aromatic N) is 1. The molecule has 0 aliphatic heterocycles. The summed E-state index contributed by atoms with van der Waals surface area (Å²) in [7, 11) is 0. The Balaban J connectivity index is 2.38. The van der Waals surface area contributed by atoms with E-state index in [1.54, 1.807) is 12.1 Å². The lowest BCUT2D eigenvalue weighted by molar-refractivity contribution is -0.386. The first-order chi connectivity index (χ1) is 10.4. The molecule has 0 atom stereocenters. The van der Waals surface area contributed by atoms with Crippen LogP contribution in [0.25, 0.3) is 6.08 Å². The van der Waals surface area contributed by atoms with Crippen LogP contribution in [0.4, 0.5) is 11.4 Å². The Labute approximate surface area is 126 Å². The third-order valence-corrected chi connectivity index (χ3v) is 3.14. The Kier molecular flexibility index (Phi) is 4.22. The van der Waals surface area contributed by atoms with Gasteiger partial charge >= 0.3 is 5.69 Å². The second-order valence-corrected chi connectivity index (χ2v) is 4.68. The predicted octanol–water partition coefficient (Wildman–Crippen LogP) is 3.50. The summed E-state index contributed by atoms with van der Waals surface area (Å²) in [6, 6.07) is 9.74. The third kappa shape index (κ3) is 2.95. The second kappa shape index (κ2) is 6.09. The molecule has 0 saturated carbocycles. The number of aryl methyl sites for hydroxylation is 1. The molecule has 0 aliphatic rings. The topological polar surface area (TPSA) is 92.5 Å². The van der Waals surface area contributed by atoms with E-state index in [1.165, 1.54) is 18.2 Å². The molecule has 0 aliphatic carbocycles. The van der Waals surface area contributed by atoms with Gasteiger partial charge in [0.25, 0.3) is 5.91 Å². The molecule has 6 heteroatoms. The SMILES string of the molecule is C=Cc1ccc(C(=O)Nc2ccc(C)cc2)c(O)c1[N+](=O)[O-]. The number of phenols is 1. The molecule has 0 bridgehead atoms. The van der Waals surface area contributed by atoms with Gasteiger partial charge < -0.3 is 10.4 Å². The number of aromatic hydroxyl groups is 1. The van der Waals surface area contributed by atoms with Gasteiger partial charge in [-0.2, -0.15) is 0 Å². The number of hydrogen-bond donors (Lipinski definition) is 2. The van der Waals surface area contributed by atoms with E-state index < -0.39 is 22.3 Å². The van der Waals surface area contributed by atoms with Crippen molar-refractivity contribution in [3.63, 3.8) is 0 Å². The number of rotatable bonds is 4. The Morgan fingerprint density at radius 1 is 1.27 bits per heavy atom. The Morgan fingerprint density at radius 2 is 1.91 bits per heavy atom. The summed E-state index contributed by atoms with van der Waals surface area (Å²) in [5.41, 5.74) is 1.01. The third-order valence-electron chi connectivity index (χ3n) is 3.14. The fourth-order valence-electron chi connectivity index (χ4n) is 1.97. The number of nitro benzene ring substituents is 1. The Morgan fingerprint density at radius 3 is 2.45 bits per heavy atom. The lowest BCUT2D eigenvalue weighted by Gasteiger charge is -2.08. The summed E-state index contributed by atoms with van der Waals surface area (Å²) in [6.07, 6.45) is 1.25. The molecule has 112 valence electrons. The van der Waals surface area contributed by atoms with Crippen LogP contribution in [0.1, 0.15) is 21.5 Å². The van der Waals surface area contributed by atoms with Crippen LogP contribution in [0.5, 0.6) is 5.75 Å². The van der Waals surface area contributed by atoms with E-state index in [2.05, 4.69) is 11.9 Å². The van der Waals surface area contributed by atoms with E-state index in [4.69, 9.17) is 0 Å². The molecular weight excluding hydrogens is 284 g/mol. The number of hydrogen-bond acceptors (Lipinski definition) is 4. The molecule has 0 radical (unpaired) electrons. The summed E-state index contributed by atoms with van der Waals surface area (Å²) in [6.45, 7) is 5.36. The van der Waals surface area contributed by atoms with Crippen molar-refractivity contribution in [1.29, 1.82) is 0 Å². The highest BCUT2D eigenvalue weighted by Crippen LogP contribution is 2.34. The number of anilines is 1. The Hall–Kier alpha value is -3.15. The zero-order valence-corrected chi connectivity index (χ0v) is 11.9. The summed E-state index contributed by atoms with van der Waals surface area (Å²) in [4.78, 5) is 22.5. The molecule has 1 amide bonds. The fraction of sp³-hybridized carbons (Fsp3) is 0.0625. The van der Waals surface area contributed by atoms with Crippen LogP contribution in [0, 0.1) is 17.0 Å². The maximum absolute atomic E-state index is 12.2. The van der Waals surface area contributed by atoms with Crippen molar-refractivity contribution in [2.75, 3.05) is 5.32 Å². The molecule has 2 rings (SSSR count). The minimum absolute atomic E-state index is 0.148.